The first kappa shape index (κ1) is 18.3. The molecule has 7 nitrogen and oxygen atoms in total. The van der Waals surface area contributed by atoms with Crippen LogP contribution in [0.25, 0.3) is 11.5 Å². The van der Waals surface area contributed by atoms with Crippen LogP contribution in [-0.4, -0.2) is 48.0 Å². The van der Waals surface area contributed by atoms with Crippen molar-refractivity contribution in [2.45, 2.75) is 19.6 Å². The average molecular weight is 381 g/mol. The van der Waals surface area contributed by atoms with E-state index in [4.69, 9.17) is 18.6 Å². The van der Waals surface area contributed by atoms with E-state index >= 15 is 0 Å². The van der Waals surface area contributed by atoms with Crippen LogP contribution in [0.4, 0.5) is 0 Å². The Morgan fingerprint density at radius 2 is 1.86 bits per heavy atom. The maximum atomic E-state index is 6.05. The van der Waals surface area contributed by atoms with Crippen molar-refractivity contribution in [3.05, 3.63) is 54.4 Å². The SMILES string of the molecule is CCN(Cc1nnc(-c2ccc(OC)cc2)o1)CC1COc2ccccc2O1. The third kappa shape index (κ3) is 4.09. The quantitative estimate of drug-likeness (QED) is 0.621. The Bertz CT molecular complexity index is 910. The Morgan fingerprint density at radius 1 is 1.07 bits per heavy atom. The largest absolute Gasteiger partial charge is 0.497 e. The maximum Gasteiger partial charge on any atom is 0.247 e. The molecule has 0 saturated carbocycles. The van der Waals surface area contributed by atoms with Crippen LogP contribution in [0.5, 0.6) is 17.2 Å². The lowest BCUT2D eigenvalue weighted by Crippen LogP contribution is -2.40. The topological polar surface area (TPSA) is 69.9 Å². The first-order chi connectivity index (χ1) is 13.7. The van der Waals surface area contributed by atoms with Gasteiger partial charge < -0.3 is 18.6 Å². The molecular formula is C21H23N3O4. The molecule has 0 bridgehead atoms. The highest BCUT2D eigenvalue weighted by Crippen LogP contribution is 2.31. The average Bonchev–Trinajstić information content (AvgIpc) is 3.21. The molecule has 1 aliphatic rings. The van der Waals surface area contributed by atoms with Gasteiger partial charge in [0.25, 0.3) is 0 Å². The van der Waals surface area contributed by atoms with Crippen LogP contribution in [0.3, 0.4) is 0 Å². The molecule has 2 heterocycles. The van der Waals surface area contributed by atoms with E-state index in [9.17, 15) is 0 Å². The normalized spacial score (nSPS) is 15.6. The highest BCUT2D eigenvalue weighted by Gasteiger charge is 2.23. The lowest BCUT2D eigenvalue weighted by atomic mass is 10.2. The summed E-state index contributed by atoms with van der Waals surface area (Å²) in [4.78, 5) is 2.20. The molecule has 1 atom stereocenters. The summed E-state index contributed by atoms with van der Waals surface area (Å²) in [7, 11) is 1.64. The number of fused-ring (bicyclic) bond motifs is 1. The van der Waals surface area contributed by atoms with Gasteiger partial charge in [-0.05, 0) is 42.9 Å². The van der Waals surface area contributed by atoms with Crippen molar-refractivity contribution in [3.8, 4) is 28.7 Å². The lowest BCUT2D eigenvalue weighted by molar-refractivity contribution is 0.0558. The number of methoxy groups -OCH3 is 1. The first-order valence-electron chi connectivity index (χ1n) is 9.33. The van der Waals surface area contributed by atoms with Crippen molar-refractivity contribution in [3.63, 3.8) is 0 Å². The van der Waals surface area contributed by atoms with Crippen molar-refractivity contribution in [1.82, 2.24) is 15.1 Å². The molecule has 7 heteroatoms. The number of nitrogens with zero attached hydrogens (tertiary/aromatic N) is 3. The zero-order valence-electron chi connectivity index (χ0n) is 16.0. The van der Waals surface area contributed by atoms with Crippen molar-refractivity contribution in [1.29, 1.82) is 0 Å². The summed E-state index contributed by atoms with van der Waals surface area (Å²) in [6.07, 6.45) is -0.0427. The molecular weight excluding hydrogens is 358 g/mol. The van der Waals surface area contributed by atoms with E-state index in [1.54, 1.807) is 7.11 Å². The van der Waals surface area contributed by atoms with E-state index in [2.05, 4.69) is 22.0 Å². The van der Waals surface area contributed by atoms with Gasteiger partial charge in [-0.1, -0.05) is 19.1 Å². The van der Waals surface area contributed by atoms with Gasteiger partial charge in [-0.15, -0.1) is 10.2 Å². The van der Waals surface area contributed by atoms with Crippen molar-refractivity contribution in [2.24, 2.45) is 0 Å². The van der Waals surface area contributed by atoms with Crippen LogP contribution >= 0.6 is 0 Å². The number of likely N-dealkylation sites (N-methyl/N-ethyl adjacent to an activating group) is 1. The number of ether oxygens (including phenoxy) is 3. The molecule has 0 amide bonds. The zero-order valence-corrected chi connectivity index (χ0v) is 16.0. The number of hydrogen-bond donors (Lipinski definition) is 0. The minimum absolute atomic E-state index is 0.0427. The molecule has 28 heavy (non-hydrogen) atoms. The Balaban J connectivity index is 1.38. The summed E-state index contributed by atoms with van der Waals surface area (Å²) >= 11 is 0. The molecule has 1 aliphatic heterocycles. The van der Waals surface area contributed by atoms with Crippen molar-refractivity contribution in [2.75, 3.05) is 26.8 Å². The maximum absolute atomic E-state index is 6.05. The predicted octanol–water partition coefficient (Wildman–Crippen LogP) is 3.41. The molecule has 0 aliphatic carbocycles. The highest BCUT2D eigenvalue weighted by atomic mass is 16.6. The van der Waals surface area contributed by atoms with Crippen LogP contribution in [0.1, 0.15) is 12.8 Å². The summed E-state index contributed by atoms with van der Waals surface area (Å²) in [5, 5.41) is 8.36. The molecule has 2 aromatic carbocycles. The predicted molar refractivity (Wildman–Crippen MR) is 104 cm³/mol. The Labute approximate surface area is 163 Å². The smallest absolute Gasteiger partial charge is 0.247 e. The van der Waals surface area contributed by atoms with Gasteiger partial charge in [0.1, 0.15) is 18.5 Å². The second-order valence-corrected chi connectivity index (χ2v) is 6.55. The van der Waals surface area contributed by atoms with Gasteiger partial charge >= 0.3 is 0 Å². The Morgan fingerprint density at radius 3 is 2.61 bits per heavy atom. The second kappa shape index (κ2) is 8.31. The molecule has 1 aromatic heterocycles. The van der Waals surface area contributed by atoms with E-state index in [1.807, 2.05) is 48.5 Å². The summed E-state index contributed by atoms with van der Waals surface area (Å²) in [5.74, 6) is 3.44. The zero-order chi connectivity index (χ0) is 19.3. The highest BCUT2D eigenvalue weighted by molar-refractivity contribution is 5.53. The molecule has 0 N–H and O–H groups in total. The van der Waals surface area contributed by atoms with E-state index in [1.165, 1.54) is 0 Å². The molecule has 0 fully saturated rings. The molecule has 0 radical (unpaired) electrons. The summed E-state index contributed by atoms with van der Waals surface area (Å²) < 4.78 is 22.9. The fourth-order valence-corrected chi connectivity index (χ4v) is 3.11. The standard InChI is InChI=1S/C21H23N3O4/c1-3-24(12-17-14-26-18-6-4-5-7-19(18)27-17)13-20-22-23-21(28-20)15-8-10-16(25-2)11-9-15/h4-11,17H,3,12-14H2,1-2H3. The van der Waals surface area contributed by atoms with Gasteiger partial charge in [-0.25, -0.2) is 0 Å². The fraction of sp³-hybridized carbons (Fsp3) is 0.333. The molecule has 0 spiro atoms. The minimum Gasteiger partial charge on any atom is -0.497 e. The van der Waals surface area contributed by atoms with Gasteiger partial charge in [0.2, 0.25) is 11.8 Å². The third-order valence-electron chi connectivity index (χ3n) is 4.64. The van der Waals surface area contributed by atoms with Gasteiger partial charge in [-0.2, -0.15) is 0 Å². The van der Waals surface area contributed by atoms with Gasteiger partial charge in [-0.3, -0.25) is 4.90 Å². The molecule has 3 aromatic rings. The van der Waals surface area contributed by atoms with Crippen molar-refractivity contribution >= 4 is 0 Å². The van der Waals surface area contributed by atoms with Crippen LogP contribution in [0, 0.1) is 0 Å². The van der Waals surface area contributed by atoms with Crippen LogP contribution in [0.2, 0.25) is 0 Å². The second-order valence-electron chi connectivity index (χ2n) is 6.55. The number of hydrogen-bond acceptors (Lipinski definition) is 7. The molecule has 1 unspecified atom stereocenters. The first-order valence-corrected chi connectivity index (χ1v) is 9.33. The van der Waals surface area contributed by atoms with Crippen LogP contribution in [-0.2, 0) is 6.54 Å². The Kier molecular flexibility index (Phi) is 5.43. The molecule has 146 valence electrons. The minimum atomic E-state index is -0.0427. The monoisotopic (exact) mass is 381 g/mol. The number of benzene rings is 2. The van der Waals surface area contributed by atoms with Gasteiger partial charge in [0.05, 0.1) is 13.7 Å². The molecule has 0 saturated heterocycles. The number of para-hydroxylation sites is 2. The number of aromatic nitrogens is 2. The van der Waals surface area contributed by atoms with Crippen molar-refractivity contribution < 1.29 is 18.6 Å². The van der Waals surface area contributed by atoms with Crippen LogP contribution in [0.15, 0.2) is 52.9 Å². The lowest BCUT2D eigenvalue weighted by Gasteiger charge is -2.30. The third-order valence-corrected chi connectivity index (χ3v) is 4.64. The van der Waals surface area contributed by atoms with E-state index < -0.39 is 0 Å². The summed E-state index contributed by atoms with van der Waals surface area (Å²) in [5.41, 5.74) is 0.864. The summed E-state index contributed by atoms with van der Waals surface area (Å²) in [6.45, 7) is 4.72. The Hall–Kier alpha value is -3.06. The van der Waals surface area contributed by atoms with Crippen LogP contribution < -0.4 is 14.2 Å². The number of rotatable bonds is 7. The van der Waals surface area contributed by atoms with E-state index in [-0.39, 0.29) is 6.10 Å². The summed E-state index contributed by atoms with van der Waals surface area (Å²) in [6, 6.07) is 15.3. The van der Waals surface area contributed by atoms with Gasteiger partial charge in [0.15, 0.2) is 11.5 Å². The molecule has 4 rings (SSSR count). The van der Waals surface area contributed by atoms with E-state index in [0.717, 1.165) is 29.4 Å². The fourth-order valence-electron chi connectivity index (χ4n) is 3.11. The van der Waals surface area contributed by atoms with Gasteiger partial charge in [0, 0.05) is 12.1 Å². The van der Waals surface area contributed by atoms with E-state index in [0.29, 0.717) is 31.5 Å².